The van der Waals surface area contributed by atoms with E-state index < -0.39 is 5.92 Å². The summed E-state index contributed by atoms with van der Waals surface area (Å²) in [6.07, 6.45) is 5.50. The number of thioether (sulfide) groups is 1. The number of piperidine rings is 1. The summed E-state index contributed by atoms with van der Waals surface area (Å²) in [5.74, 6) is -0.183. The number of carbonyl (C=O) groups is 2. The van der Waals surface area contributed by atoms with E-state index in [1.165, 1.54) is 23.5 Å². The fourth-order valence-electron chi connectivity index (χ4n) is 4.88. The number of aromatic nitrogens is 4. The second kappa shape index (κ2) is 11.0. The number of amides is 2. The minimum absolute atomic E-state index is 0.135. The number of nitrogens with one attached hydrogen (secondary N) is 1. The molecule has 0 saturated carbocycles. The third-order valence-corrected chi connectivity index (χ3v) is 7.57. The quantitative estimate of drug-likeness (QED) is 0.354. The molecule has 9 nitrogen and oxygen atoms in total. The van der Waals surface area contributed by atoms with Crippen LogP contribution in [0.3, 0.4) is 0 Å². The maximum atomic E-state index is 13.2. The van der Waals surface area contributed by atoms with E-state index in [0.29, 0.717) is 24.0 Å². The molecule has 2 aromatic heterocycles. The van der Waals surface area contributed by atoms with Gasteiger partial charge in [-0.05, 0) is 43.5 Å². The predicted octanol–water partition coefficient (Wildman–Crippen LogP) is 3.63. The van der Waals surface area contributed by atoms with Gasteiger partial charge < -0.3 is 15.1 Å². The van der Waals surface area contributed by atoms with Crippen molar-refractivity contribution >= 4 is 46.1 Å². The SMILES string of the molecule is CC(C)Sc1nc(N2CCCCC2)c2cnn(CCNC(=O)C3CC(=O)N(c4ccc(F)cc4)C3)c2n1. The minimum Gasteiger partial charge on any atom is -0.356 e. The molecule has 196 valence electrons. The van der Waals surface area contributed by atoms with Gasteiger partial charge in [0.05, 0.1) is 24.0 Å². The molecule has 1 atom stereocenters. The highest BCUT2D eigenvalue weighted by molar-refractivity contribution is 7.99. The number of hydrogen-bond acceptors (Lipinski definition) is 7. The van der Waals surface area contributed by atoms with Gasteiger partial charge in [-0.3, -0.25) is 9.59 Å². The summed E-state index contributed by atoms with van der Waals surface area (Å²) in [6, 6.07) is 5.75. The Labute approximate surface area is 219 Å². The molecule has 2 aliphatic rings. The molecule has 3 aromatic rings. The Morgan fingerprint density at radius 2 is 1.92 bits per heavy atom. The van der Waals surface area contributed by atoms with Gasteiger partial charge in [-0.15, -0.1) is 0 Å². The van der Waals surface area contributed by atoms with Gasteiger partial charge in [0.2, 0.25) is 11.8 Å². The molecule has 0 radical (unpaired) electrons. The fraction of sp³-hybridized carbons (Fsp3) is 0.500. The maximum Gasteiger partial charge on any atom is 0.227 e. The first-order chi connectivity index (χ1) is 17.9. The average Bonchev–Trinajstić information content (AvgIpc) is 3.48. The second-order valence-corrected chi connectivity index (χ2v) is 11.4. The van der Waals surface area contributed by atoms with E-state index in [1.54, 1.807) is 23.9 Å². The predicted molar refractivity (Wildman–Crippen MR) is 142 cm³/mol. The molecule has 2 fully saturated rings. The molecule has 11 heteroatoms. The van der Waals surface area contributed by atoms with E-state index in [-0.39, 0.29) is 30.6 Å². The van der Waals surface area contributed by atoms with Crippen LogP contribution in [0.5, 0.6) is 0 Å². The first-order valence-electron chi connectivity index (χ1n) is 12.9. The van der Waals surface area contributed by atoms with E-state index in [9.17, 15) is 14.0 Å². The second-order valence-electron chi connectivity index (χ2n) is 9.82. The zero-order chi connectivity index (χ0) is 25.9. The molecule has 37 heavy (non-hydrogen) atoms. The van der Waals surface area contributed by atoms with Crippen LogP contribution < -0.4 is 15.1 Å². The van der Waals surface area contributed by atoms with Gasteiger partial charge in [-0.25, -0.2) is 19.0 Å². The van der Waals surface area contributed by atoms with Crippen molar-refractivity contribution in [2.75, 3.05) is 36.0 Å². The van der Waals surface area contributed by atoms with Gasteiger partial charge in [0.1, 0.15) is 11.6 Å². The lowest BCUT2D eigenvalue weighted by Crippen LogP contribution is -2.35. The molecule has 0 bridgehead atoms. The highest BCUT2D eigenvalue weighted by atomic mass is 32.2. The molecule has 0 aliphatic carbocycles. The van der Waals surface area contributed by atoms with Crippen molar-refractivity contribution in [3.8, 4) is 0 Å². The number of hydrogen-bond donors (Lipinski definition) is 1. The van der Waals surface area contributed by atoms with E-state index in [4.69, 9.17) is 9.97 Å². The highest BCUT2D eigenvalue weighted by Gasteiger charge is 2.35. The molecule has 1 N–H and O–H groups in total. The van der Waals surface area contributed by atoms with Crippen LogP contribution in [0.25, 0.3) is 11.0 Å². The van der Waals surface area contributed by atoms with Crippen molar-refractivity contribution in [3.05, 3.63) is 36.3 Å². The van der Waals surface area contributed by atoms with E-state index in [2.05, 4.69) is 29.2 Å². The van der Waals surface area contributed by atoms with E-state index in [1.807, 2.05) is 10.9 Å². The Morgan fingerprint density at radius 3 is 2.65 bits per heavy atom. The molecule has 2 aliphatic heterocycles. The topological polar surface area (TPSA) is 96.2 Å². The van der Waals surface area contributed by atoms with Gasteiger partial charge in [0.25, 0.3) is 0 Å². The van der Waals surface area contributed by atoms with E-state index >= 15 is 0 Å². The third-order valence-electron chi connectivity index (χ3n) is 6.71. The minimum atomic E-state index is -0.450. The molecular weight excluding hydrogens is 493 g/mol. The highest BCUT2D eigenvalue weighted by Crippen LogP contribution is 2.30. The Bertz CT molecular complexity index is 1270. The van der Waals surface area contributed by atoms with Crippen molar-refractivity contribution in [2.45, 2.75) is 56.5 Å². The van der Waals surface area contributed by atoms with Gasteiger partial charge in [-0.1, -0.05) is 25.6 Å². The Kier molecular flexibility index (Phi) is 7.59. The van der Waals surface area contributed by atoms with Crippen LogP contribution in [0.15, 0.2) is 35.6 Å². The van der Waals surface area contributed by atoms with Crippen molar-refractivity contribution in [2.24, 2.45) is 5.92 Å². The molecule has 2 amide bonds. The van der Waals surface area contributed by atoms with Crippen LogP contribution in [0, 0.1) is 11.7 Å². The molecule has 1 aromatic carbocycles. The molecule has 4 heterocycles. The van der Waals surface area contributed by atoms with Crippen LogP contribution in [-0.4, -0.2) is 63.0 Å². The summed E-state index contributed by atoms with van der Waals surface area (Å²) in [4.78, 5) is 38.9. The van der Waals surface area contributed by atoms with Crippen LogP contribution in [0.1, 0.15) is 39.5 Å². The fourth-order valence-corrected chi connectivity index (χ4v) is 5.58. The van der Waals surface area contributed by atoms with Gasteiger partial charge >= 0.3 is 0 Å². The van der Waals surface area contributed by atoms with Gasteiger partial charge in [-0.2, -0.15) is 5.10 Å². The summed E-state index contributed by atoms with van der Waals surface area (Å²) in [6.45, 7) is 7.31. The average molecular weight is 526 g/mol. The van der Waals surface area contributed by atoms with Crippen molar-refractivity contribution in [1.82, 2.24) is 25.1 Å². The number of rotatable bonds is 8. The molecule has 1 unspecified atom stereocenters. The van der Waals surface area contributed by atoms with Crippen LogP contribution in [0.4, 0.5) is 15.9 Å². The van der Waals surface area contributed by atoms with Crippen molar-refractivity contribution in [1.29, 1.82) is 0 Å². The molecule has 0 spiro atoms. The van der Waals surface area contributed by atoms with Crippen LogP contribution in [-0.2, 0) is 16.1 Å². The van der Waals surface area contributed by atoms with Gasteiger partial charge in [0, 0.05) is 43.5 Å². The lowest BCUT2D eigenvalue weighted by Gasteiger charge is -2.28. The maximum absolute atomic E-state index is 13.2. The Hall–Kier alpha value is -3.21. The lowest BCUT2D eigenvalue weighted by atomic mass is 10.1. The van der Waals surface area contributed by atoms with Crippen LogP contribution in [0.2, 0.25) is 0 Å². The number of anilines is 2. The first-order valence-corrected chi connectivity index (χ1v) is 13.8. The third kappa shape index (κ3) is 5.71. The standard InChI is InChI=1S/C26H32FN7O2S/c1-17(2)37-26-30-23(32-11-4-3-5-12-32)21-15-29-34(24(21)31-26)13-10-28-25(36)18-14-22(35)33(16-18)20-8-6-19(27)7-9-20/h6-9,15,17-18H,3-5,10-14,16H2,1-2H3,(H,28,36). The summed E-state index contributed by atoms with van der Waals surface area (Å²) in [5, 5.41) is 9.54. The van der Waals surface area contributed by atoms with Crippen molar-refractivity contribution in [3.63, 3.8) is 0 Å². The number of halogens is 1. The number of benzene rings is 1. The summed E-state index contributed by atoms with van der Waals surface area (Å²) in [5.41, 5.74) is 1.37. The van der Waals surface area contributed by atoms with Gasteiger partial charge in [0.15, 0.2) is 10.8 Å². The number of carbonyl (C=O) groups excluding carboxylic acids is 2. The number of nitrogens with zero attached hydrogens (tertiary/aromatic N) is 6. The number of fused-ring (bicyclic) bond motifs is 1. The summed E-state index contributed by atoms with van der Waals surface area (Å²) < 4.78 is 15.1. The monoisotopic (exact) mass is 525 g/mol. The first kappa shape index (κ1) is 25.4. The van der Waals surface area contributed by atoms with E-state index in [0.717, 1.165) is 47.9 Å². The summed E-state index contributed by atoms with van der Waals surface area (Å²) >= 11 is 1.63. The van der Waals surface area contributed by atoms with Crippen LogP contribution >= 0.6 is 11.8 Å². The molecular formula is C26H32FN7O2S. The Morgan fingerprint density at radius 1 is 1.16 bits per heavy atom. The summed E-state index contributed by atoms with van der Waals surface area (Å²) in [7, 11) is 0. The smallest absolute Gasteiger partial charge is 0.227 e. The normalized spacial score (nSPS) is 18.3. The lowest BCUT2D eigenvalue weighted by molar-refractivity contribution is -0.126. The zero-order valence-corrected chi connectivity index (χ0v) is 22.0. The molecule has 2 saturated heterocycles. The Balaban J connectivity index is 1.25. The van der Waals surface area contributed by atoms with Crippen molar-refractivity contribution < 1.29 is 14.0 Å². The molecule has 5 rings (SSSR count). The largest absolute Gasteiger partial charge is 0.356 e. The zero-order valence-electron chi connectivity index (χ0n) is 21.2.